The second kappa shape index (κ2) is 6.98. The minimum Gasteiger partial charge on any atom is -0.252 e. The Hall–Kier alpha value is -2.17. The molecule has 0 spiro atoms. The number of anilines is 1. The minimum absolute atomic E-state index is 0.725. The first-order valence-electron chi connectivity index (χ1n) is 8.33. The van der Waals surface area contributed by atoms with Gasteiger partial charge in [0.15, 0.2) is 0 Å². The standard InChI is InChI=1S/C20H18ClN3S/c1-13(14-7-9-18(21)10-8-14)23-24-20-22-19(12-25-20)17-6-5-15-3-2-4-16(15)11-17/h5-12H,2-4H2,1H3,(H,22,24)/b23-13-. The molecule has 0 radical (unpaired) electrons. The largest absolute Gasteiger partial charge is 0.252 e. The highest BCUT2D eigenvalue weighted by molar-refractivity contribution is 7.14. The van der Waals surface area contributed by atoms with Gasteiger partial charge < -0.3 is 0 Å². The van der Waals surface area contributed by atoms with Gasteiger partial charge in [0, 0.05) is 16.0 Å². The smallest absolute Gasteiger partial charge is 0.203 e. The van der Waals surface area contributed by atoms with Crippen molar-refractivity contribution in [1.82, 2.24) is 4.98 Å². The first kappa shape index (κ1) is 16.3. The van der Waals surface area contributed by atoms with Crippen LogP contribution in [0.4, 0.5) is 5.13 Å². The maximum atomic E-state index is 5.92. The maximum absolute atomic E-state index is 5.92. The van der Waals surface area contributed by atoms with Gasteiger partial charge in [0.05, 0.1) is 11.4 Å². The number of thiazole rings is 1. The summed E-state index contributed by atoms with van der Waals surface area (Å²) in [7, 11) is 0. The van der Waals surface area contributed by atoms with Crippen LogP contribution in [-0.2, 0) is 12.8 Å². The normalized spacial score (nSPS) is 13.8. The fraction of sp³-hybridized carbons (Fsp3) is 0.200. The van der Waals surface area contributed by atoms with Crippen LogP contribution in [0.3, 0.4) is 0 Å². The van der Waals surface area contributed by atoms with Crippen LogP contribution in [0, 0.1) is 0 Å². The molecule has 1 N–H and O–H groups in total. The third-order valence-corrected chi connectivity index (χ3v) is 5.48. The molecule has 0 fully saturated rings. The van der Waals surface area contributed by atoms with E-state index in [9.17, 15) is 0 Å². The average Bonchev–Trinajstić information content (AvgIpc) is 3.28. The van der Waals surface area contributed by atoms with Crippen LogP contribution >= 0.6 is 22.9 Å². The van der Waals surface area contributed by atoms with Crippen LogP contribution in [0.1, 0.15) is 30.0 Å². The van der Waals surface area contributed by atoms with E-state index in [-0.39, 0.29) is 0 Å². The number of halogens is 1. The van der Waals surface area contributed by atoms with E-state index in [0.29, 0.717) is 0 Å². The zero-order valence-electron chi connectivity index (χ0n) is 13.9. The van der Waals surface area contributed by atoms with E-state index in [4.69, 9.17) is 11.6 Å². The number of aryl methyl sites for hydroxylation is 2. The van der Waals surface area contributed by atoms with E-state index in [1.54, 1.807) is 11.3 Å². The quantitative estimate of drug-likeness (QED) is 0.468. The van der Waals surface area contributed by atoms with Gasteiger partial charge >= 0.3 is 0 Å². The van der Waals surface area contributed by atoms with Crippen LogP contribution in [0.2, 0.25) is 5.02 Å². The van der Waals surface area contributed by atoms with E-state index in [1.165, 1.54) is 36.0 Å². The van der Waals surface area contributed by atoms with E-state index in [2.05, 4.69) is 39.1 Å². The van der Waals surface area contributed by atoms with Gasteiger partial charge in [0.2, 0.25) is 5.13 Å². The van der Waals surface area contributed by atoms with Gasteiger partial charge in [-0.15, -0.1) is 11.3 Å². The molecule has 0 unspecified atom stereocenters. The number of hydrazone groups is 1. The number of hydrogen-bond donors (Lipinski definition) is 1. The van der Waals surface area contributed by atoms with Crippen molar-refractivity contribution in [3.8, 4) is 11.3 Å². The molecular formula is C20H18ClN3S. The zero-order valence-corrected chi connectivity index (χ0v) is 15.5. The molecule has 1 aliphatic rings. The molecule has 2 aromatic carbocycles. The highest BCUT2D eigenvalue weighted by Gasteiger charge is 2.12. The average molecular weight is 368 g/mol. The van der Waals surface area contributed by atoms with Gasteiger partial charge in [0.25, 0.3) is 0 Å². The second-order valence-electron chi connectivity index (χ2n) is 6.19. The molecule has 0 aliphatic heterocycles. The lowest BCUT2D eigenvalue weighted by molar-refractivity contribution is 0.912. The predicted molar refractivity (Wildman–Crippen MR) is 107 cm³/mol. The lowest BCUT2D eigenvalue weighted by Gasteiger charge is -2.02. The molecule has 1 aromatic heterocycles. The Morgan fingerprint density at radius 2 is 1.92 bits per heavy atom. The van der Waals surface area contributed by atoms with Crippen LogP contribution in [0.5, 0.6) is 0 Å². The van der Waals surface area contributed by atoms with Crippen LogP contribution in [0.25, 0.3) is 11.3 Å². The predicted octanol–water partition coefficient (Wildman–Crippen LogP) is 5.79. The summed E-state index contributed by atoms with van der Waals surface area (Å²) in [6, 6.07) is 14.3. The summed E-state index contributed by atoms with van der Waals surface area (Å²) in [5.74, 6) is 0. The van der Waals surface area contributed by atoms with E-state index in [0.717, 1.165) is 27.1 Å². The molecule has 4 rings (SSSR count). The van der Waals surface area contributed by atoms with Crippen molar-refractivity contribution in [2.45, 2.75) is 26.2 Å². The Labute approximate surface area is 156 Å². The van der Waals surface area contributed by atoms with Crippen molar-refractivity contribution in [3.05, 3.63) is 69.6 Å². The molecule has 126 valence electrons. The molecule has 3 nitrogen and oxygen atoms in total. The van der Waals surface area contributed by atoms with Crippen LogP contribution in [-0.4, -0.2) is 10.7 Å². The van der Waals surface area contributed by atoms with Crippen molar-refractivity contribution in [2.24, 2.45) is 5.10 Å². The molecule has 1 aliphatic carbocycles. The number of nitrogens with one attached hydrogen (secondary N) is 1. The SMILES string of the molecule is C/C(=N/Nc1nc(-c2ccc3c(c2)CCC3)cs1)c1ccc(Cl)cc1. The Morgan fingerprint density at radius 1 is 1.12 bits per heavy atom. The highest BCUT2D eigenvalue weighted by Crippen LogP contribution is 2.30. The molecule has 0 atom stereocenters. The summed E-state index contributed by atoms with van der Waals surface area (Å²) >= 11 is 7.49. The van der Waals surface area contributed by atoms with Gasteiger partial charge in [-0.25, -0.2) is 4.98 Å². The Kier molecular flexibility index (Phi) is 4.55. The third kappa shape index (κ3) is 3.60. The van der Waals surface area contributed by atoms with E-state index in [1.807, 2.05) is 31.2 Å². The molecule has 0 amide bonds. The van der Waals surface area contributed by atoms with Gasteiger partial charge in [-0.1, -0.05) is 35.9 Å². The number of rotatable bonds is 4. The molecular weight excluding hydrogens is 350 g/mol. The first-order valence-corrected chi connectivity index (χ1v) is 9.59. The number of nitrogens with zero attached hydrogens (tertiary/aromatic N) is 2. The first-order chi connectivity index (χ1) is 12.2. The van der Waals surface area contributed by atoms with Crippen molar-refractivity contribution < 1.29 is 0 Å². The van der Waals surface area contributed by atoms with Crippen molar-refractivity contribution >= 4 is 33.8 Å². The molecule has 0 bridgehead atoms. The number of aromatic nitrogens is 1. The Balaban J connectivity index is 1.50. The van der Waals surface area contributed by atoms with E-state index >= 15 is 0 Å². The summed E-state index contributed by atoms with van der Waals surface area (Å²) in [5.41, 5.74) is 10.1. The summed E-state index contributed by atoms with van der Waals surface area (Å²) in [6.45, 7) is 1.96. The fourth-order valence-electron chi connectivity index (χ4n) is 3.08. The summed E-state index contributed by atoms with van der Waals surface area (Å²) in [4.78, 5) is 4.66. The van der Waals surface area contributed by atoms with Gasteiger partial charge in [-0.2, -0.15) is 5.10 Å². The molecule has 3 aromatic rings. The van der Waals surface area contributed by atoms with Crippen LogP contribution in [0.15, 0.2) is 52.9 Å². The number of hydrogen-bond acceptors (Lipinski definition) is 4. The lowest BCUT2D eigenvalue weighted by Crippen LogP contribution is -1.99. The summed E-state index contributed by atoms with van der Waals surface area (Å²) in [5, 5.41) is 8.03. The number of fused-ring (bicyclic) bond motifs is 1. The monoisotopic (exact) mass is 367 g/mol. The molecule has 0 saturated carbocycles. The topological polar surface area (TPSA) is 37.3 Å². The number of benzene rings is 2. The van der Waals surface area contributed by atoms with Crippen molar-refractivity contribution in [2.75, 3.05) is 5.43 Å². The Bertz CT molecular complexity index is 928. The lowest BCUT2D eigenvalue weighted by atomic mass is 10.1. The summed E-state index contributed by atoms with van der Waals surface area (Å²) in [6.07, 6.45) is 3.66. The molecule has 25 heavy (non-hydrogen) atoms. The minimum atomic E-state index is 0.725. The van der Waals surface area contributed by atoms with Gasteiger partial charge in [-0.05, 0) is 61.1 Å². The fourth-order valence-corrected chi connectivity index (χ4v) is 3.86. The zero-order chi connectivity index (χ0) is 17.2. The van der Waals surface area contributed by atoms with E-state index < -0.39 is 0 Å². The molecule has 5 heteroatoms. The maximum Gasteiger partial charge on any atom is 0.203 e. The van der Waals surface area contributed by atoms with Gasteiger partial charge in [0.1, 0.15) is 0 Å². The van der Waals surface area contributed by atoms with Crippen molar-refractivity contribution in [1.29, 1.82) is 0 Å². The van der Waals surface area contributed by atoms with Crippen LogP contribution < -0.4 is 5.43 Å². The second-order valence-corrected chi connectivity index (χ2v) is 7.49. The highest BCUT2D eigenvalue weighted by atomic mass is 35.5. The molecule has 0 saturated heterocycles. The molecule has 1 heterocycles. The summed E-state index contributed by atoms with van der Waals surface area (Å²) < 4.78 is 0. The Morgan fingerprint density at radius 3 is 2.76 bits per heavy atom. The van der Waals surface area contributed by atoms with Crippen molar-refractivity contribution in [3.63, 3.8) is 0 Å². The third-order valence-electron chi connectivity index (χ3n) is 4.48. The van der Waals surface area contributed by atoms with Gasteiger partial charge in [-0.3, -0.25) is 5.43 Å².